The number of H-pyrrole nitrogens is 1. The molecule has 118 valence electrons. The Hall–Kier alpha value is -2.01. The van der Waals surface area contributed by atoms with E-state index in [9.17, 15) is 4.79 Å². The molecular formula is C17H23N3O2. The number of ether oxygens (including phenoxy) is 1. The Labute approximate surface area is 130 Å². The van der Waals surface area contributed by atoms with Gasteiger partial charge in [0.1, 0.15) is 11.3 Å². The van der Waals surface area contributed by atoms with Crippen LogP contribution in [0.5, 0.6) is 5.75 Å². The van der Waals surface area contributed by atoms with E-state index in [1.165, 1.54) is 11.1 Å². The third-order valence-electron chi connectivity index (χ3n) is 4.37. The molecule has 1 aromatic carbocycles. The zero-order valence-corrected chi connectivity index (χ0v) is 13.6. The lowest BCUT2D eigenvalue weighted by Crippen LogP contribution is -2.36. The number of benzene rings is 1. The number of hydrogen-bond donors (Lipinski definition) is 1. The minimum absolute atomic E-state index is 0.0586. The maximum Gasteiger partial charge on any atom is 0.326 e. The summed E-state index contributed by atoms with van der Waals surface area (Å²) in [5, 5.41) is 0. The van der Waals surface area contributed by atoms with Crippen molar-refractivity contribution < 1.29 is 4.74 Å². The molecule has 1 N–H and O–H groups in total. The van der Waals surface area contributed by atoms with Crippen LogP contribution >= 0.6 is 0 Å². The molecule has 1 aliphatic rings. The van der Waals surface area contributed by atoms with Crippen LogP contribution in [-0.2, 0) is 13.1 Å². The van der Waals surface area contributed by atoms with Crippen LogP contribution in [0.25, 0.3) is 11.0 Å². The van der Waals surface area contributed by atoms with E-state index in [4.69, 9.17) is 4.74 Å². The van der Waals surface area contributed by atoms with E-state index in [1.54, 1.807) is 7.11 Å². The highest BCUT2D eigenvalue weighted by Gasteiger charge is 2.24. The Morgan fingerprint density at radius 2 is 2.23 bits per heavy atom. The van der Waals surface area contributed by atoms with Gasteiger partial charge in [-0.15, -0.1) is 0 Å². The van der Waals surface area contributed by atoms with Crippen LogP contribution in [0.4, 0.5) is 0 Å². The fraction of sp³-hybridized carbons (Fsp3) is 0.471. The van der Waals surface area contributed by atoms with Crippen molar-refractivity contribution >= 4 is 11.0 Å². The molecule has 1 aliphatic heterocycles. The molecule has 0 radical (unpaired) electrons. The highest BCUT2D eigenvalue weighted by atomic mass is 16.5. The van der Waals surface area contributed by atoms with Crippen molar-refractivity contribution in [2.45, 2.75) is 39.9 Å². The van der Waals surface area contributed by atoms with E-state index < -0.39 is 0 Å². The monoisotopic (exact) mass is 301 g/mol. The Bertz CT molecular complexity index is 781. The van der Waals surface area contributed by atoms with Gasteiger partial charge in [0.2, 0.25) is 0 Å². The molecular weight excluding hydrogens is 278 g/mol. The molecule has 2 aromatic rings. The van der Waals surface area contributed by atoms with Crippen LogP contribution in [0.1, 0.15) is 26.3 Å². The normalized spacial score (nSPS) is 18.3. The SMILES string of the molecule is COc1ccc2c3c1[nH]c(=O)n3C[C@H](C)N(CC=C(C)C)C2. The fourth-order valence-electron chi connectivity index (χ4n) is 3.09. The van der Waals surface area contributed by atoms with Gasteiger partial charge in [0, 0.05) is 25.7 Å². The number of methoxy groups -OCH3 is 1. The Morgan fingerprint density at radius 3 is 2.91 bits per heavy atom. The molecule has 1 atom stereocenters. The van der Waals surface area contributed by atoms with Crippen molar-refractivity contribution in [3.8, 4) is 5.75 Å². The number of nitrogens with one attached hydrogen (secondary N) is 1. The molecule has 2 heterocycles. The molecule has 0 fully saturated rings. The molecule has 5 nitrogen and oxygen atoms in total. The van der Waals surface area contributed by atoms with Crippen molar-refractivity contribution in [3.05, 3.63) is 39.8 Å². The molecule has 3 rings (SSSR count). The lowest BCUT2D eigenvalue weighted by Gasteiger charge is -2.26. The molecule has 5 heteroatoms. The number of rotatable bonds is 3. The van der Waals surface area contributed by atoms with Crippen LogP contribution < -0.4 is 10.4 Å². The van der Waals surface area contributed by atoms with Crippen LogP contribution in [0.15, 0.2) is 28.6 Å². The molecule has 0 bridgehead atoms. The number of aromatic nitrogens is 2. The molecule has 0 amide bonds. The van der Waals surface area contributed by atoms with Gasteiger partial charge in [-0.2, -0.15) is 0 Å². The Balaban J connectivity index is 2.10. The summed E-state index contributed by atoms with van der Waals surface area (Å²) in [5.41, 5.74) is 4.21. The number of imidazole rings is 1. The predicted octanol–water partition coefficient (Wildman–Crippen LogP) is 2.51. The van der Waals surface area contributed by atoms with E-state index in [1.807, 2.05) is 10.6 Å². The van der Waals surface area contributed by atoms with E-state index in [0.717, 1.165) is 29.9 Å². The van der Waals surface area contributed by atoms with Gasteiger partial charge in [-0.1, -0.05) is 17.7 Å². The van der Waals surface area contributed by atoms with Crippen molar-refractivity contribution in [2.24, 2.45) is 0 Å². The molecule has 0 unspecified atom stereocenters. The predicted molar refractivity (Wildman–Crippen MR) is 88.4 cm³/mol. The molecule has 0 saturated heterocycles. The maximum absolute atomic E-state index is 12.3. The first-order chi connectivity index (χ1) is 10.5. The third-order valence-corrected chi connectivity index (χ3v) is 4.37. The Morgan fingerprint density at radius 1 is 1.45 bits per heavy atom. The summed E-state index contributed by atoms with van der Waals surface area (Å²) >= 11 is 0. The summed E-state index contributed by atoms with van der Waals surface area (Å²) in [7, 11) is 1.63. The highest BCUT2D eigenvalue weighted by Crippen LogP contribution is 2.29. The average molecular weight is 301 g/mol. The second kappa shape index (κ2) is 5.65. The summed E-state index contributed by atoms with van der Waals surface area (Å²) in [4.78, 5) is 17.7. The number of allylic oxidation sites excluding steroid dienone is 1. The number of nitrogens with zero attached hydrogens (tertiary/aromatic N) is 2. The lowest BCUT2D eigenvalue weighted by atomic mass is 10.1. The van der Waals surface area contributed by atoms with Gasteiger partial charge in [0.25, 0.3) is 0 Å². The van der Waals surface area contributed by atoms with Gasteiger partial charge in [0.05, 0.1) is 12.6 Å². The first-order valence-corrected chi connectivity index (χ1v) is 7.67. The highest BCUT2D eigenvalue weighted by molar-refractivity contribution is 5.85. The lowest BCUT2D eigenvalue weighted by molar-refractivity contribution is 0.210. The second-order valence-electron chi connectivity index (χ2n) is 6.25. The zero-order chi connectivity index (χ0) is 15.9. The van der Waals surface area contributed by atoms with Crippen molar-refractivity contribution in [1.82, 2.24) is 14.5 Å². The average Bonchev–Trinajstić information content (AvgIpc) is 2.72. The van der Waals surface area contributed by atoms with Crippen LogP contribution in [0, 0.1) is 0 Å². The maximum atomic E-state index is 12.3. The number of aromatic amines is 1. The molecule has 0 spiro atoms. The third kappa shape index (κ3) is 2.46. The smallest absolute Gasteiger partial charge is 0.326 e. The van der Waals surface area contributed by atoms with Crippen molar-refractivity contribution in [1.29, 1.82) is 0 Å². The summed E-state index contributed by atoms with van der Waals surface area (Å²) in [6, 6.07) is 4.30. The number of hydrogen-bond acceptors (Lipinski definition) is 3. The van der Waals surface area contributed by atoms with Crippen LogP contribution in [0.2, 0.25) is 0 Å². The zero-order valence-electron chi connectivity index (χ0n) is 13.6. The quantitative estimate of drug-likeness (QED) is 0.886. The molecule has 0 saturated carbocycles. The summed E-state index contributed by atoms with van der Waals surface area (Å²) < 4.78 is 7.23. The van der Waals surface area contributed by atoms with Gasteiger partial charge in [-0.3, -0.25) is 9.47 Å². The molecule has 0 aliphatic carbocycles. The summed E-state index contributed by atoms with van der Waals surface area (Å²) in [5.74, 6) is 0.722. The van der Waals surface area contributed by atoms with E-state index in [-0.39, 0.29) is 5.69 Å². The minimum Gasteiger partial charge on any atom is -0.494 e. The van der Waals surface area contributed by atoms with E-state index >= 15 is 0 Å². The van der Waals surface area contributed by atoms with E-state index in [0.29, 0.717) is 12.6 Å². The van der Waals surface area contributed by atoms with Crippen molar-refractivity contribution in [2.75, 3.05) is 13.7 Å². The summed E-state index contributed by atoms with van der Waals surface area (Å²) in [6.45, 7) is 8.83. The van der Waals surface area contributed by atoms with Crippen molar-refractivity contribution in [3.63, 3.8) is 0 Å². The topological polar surface area (TPSA) is 50.3 Å². The first kappa shape index (κ1) is 14.9. The largest absolute Gasteiger partial charge is 0.494 e. The standard InChI is InChI=1S/C17H23N3O2/c1-11(2)7-8-19-10-13-5-6-14(22-4)15-16(13)20(9-12(19)3)17(21)18-15/h5-7,12H,8-10H2,1-4H3,(H,18,21)/t12-/m0/s1. The molecule has 1 aromatic heterocycles. The van der Waals surface area contributed by atoms with Crippen LogP contribution in [0.3, 0.4) is 0 Å². The van der Waals surface area contributed by atoms with Gasteiger partial charge in [-0.25, -0.2) is 4.79 Å². The fourth-order valence-corrected chi connectivity index (χ4v) is 3.09. The van der Waals surface area contributed by atoms with Gasteiger partial charge < -0.3 is 9.72 Å². The Kier molecular flexibility index (Phi) is 3.83. The van der Waals surface area contributed by atoms with E-state index in [2.05, 4.69) is 42.8 Å². The summed E-state index contributed by atoms with van der Waals surface area (Å²) in [6.07, 6.45) is 2.24. The van der Waals surface area contributed by atoms with Gasteiger partial charge in [-0.05, 0) is 32.4 Å². The second-order valence-corrected chi connectivity index (χ2v) is 6.25. The first-order valence-electron chi connectivity index (χ1n) is 7.67. The van der Waals surface area contributed by atoms with Crippen LogP contribution in [-0.4, -0.2) is 34.1 Å². The molecule has 22 heavy (non-hydrogen) atoms. The minimum atomic E-state index is -0.0586. The van der Waals surface area contributed by atoms with Gasteiger partial charge >= 0.3 is 5.69 Å². The van der Waals surface area contributed by atoms with Gasteiger partial charge in [0.15, 0.2) is 0 Å².